The third-order valence-electron chi connectivity index (χ3n) is 2.64. The number of anilines is 1. The van der Waals surface area contributed by atoms with Crippen molar-refractivity contribution >= 4 is 17.4 Å². The van der Waals surface area contributed by atoms with Gasteiger partial charge in [0.15, 0.2) is 0 Å². The van der Waals surface area contributed by atoms with Crippen LogP contribution in [0.2, 0.25) is 0 Å². The summed E-state index contributed by atoms with van der Waals surface area (Å²) in [5, 5.41) is 3.55. The number of nitrogens with one attached hydrogen (secondary N) is 1. The van der Waals surface area contributed by atoms with Gasteiger partial charge < -0.3 is 5.32 Å². The lowest BCUT2D eigenvalue weighted by atomic mass is 9.88. The van der Waals surface area contributed by atoms with E-state index in [1.807, 2.05) is 30.2 Å². The van der Waals surface area contributed by atoms with Crippen molar-refractivity contribution in [3.05, 3.63) is 24.5 Å². The molecule has 15 heavy (non-hydrogen) atoms. The van der Waals surface area contributed by atoms with E-state index in [4.69, 9.17) is 0 Å². The SMILES string of the molecule is CC1(C)CSCC(Nc2cccnc2)C1. The first-order chi connectivity index (χ1) is 7.16. The highest BCUT2D eigenvalue weighted by Crippen LogP contribution is 2.34. The Morgan fingerprint density at radius 2 is 2.40 bits per heavy atom. The normalized spacial score (nSPS) is 24.8. The fourth-order valence-electron chi connectivity index (χ4n) is 2.04. The summed E-state index contributed by atoms with van der Waals surface area (Å²) in [4.78, 5) is 4.12. The van der Waals surface area contributed by atoms with E-state index in [1.165, 1.54) is 17.9 Å². The summed E-state index contributed by atoms with van der Waals surface area (Å²) >= 11 is 2.05. The molecule has 1 N–H and O–H groups in total. The van der Waals surface area contributed by atoms with Crippen molar-refractivity contribution in [2.45, 2.75) is 26.3 Å². The molecule has 1 aliphatic rings. The number of nitrogens with zero attached hydrogens (tertiary/aromatic N) is 1. The molecular weight excluding hydrogens is 204 g/mol. The van der Waals surface area contributed by atoms with Gasteiger partial charge in [-0.25, -0.2) is 0 Å². The zero-order valence-electron chi connectivity index (χ0n) is 9.36. The van der Waals surface area contributed by atoms with Gasteiger partial charge in [0, 0.05) is 24.2 Å². The second-order valence-corrected chi connectivity index (χ2v) is 6.00. The van der Waals surface area contributed by atoms with E-state index < -0.39 is 0 Å². The zero-order chi connectivity index (χ0) is 10.7. The largest absolute Gasteiger partial charge is 0.380 e. The number of hydrogen-bond acceptors (Lipinski definition) is 3. The van der Waals surface area contributed by atoms with E-state index in [1.54, 1.807) is 0 Å². The van der Waals surface area contributed by atoms with Gasteiger partial charge in [-0.15, -0.1) is 0 Å². The Kier molecular flexibility index (Phi) is 3.19. The molecule has 1 fully saturated rings. The quantitative estimate of drug-likeness (QED) is 0.832. The Balaban J connectivity index is 1.95. The van der Waals surface area contributed by atoms with Crippen LogP contribution < -0.4 is 5.32 Å². The van der Waals surface area contributed by atoms with Crippen LogP contribution in [0.4, 0.5) is 5.69 Å². The highest BCUT2D eigenvalue weighted by atomic mass is 32.2. The van der Waals surface area contributed by atoms with Gasteiger partial charge in [-0.1, -0.05) is 13.8 Å². The molecule has 0 saturated carbocycles. The Bertz CT molecular complexity index is 311. The van der Waals surface area contributed by atoms with E-state index in [0.29, 0.717) is 11.5 Å². The Morgan fingerprint density at radius 1 is 1.53 bits per heavy atom. The molecule has 2 heterocycles. The van der Waals surface area contributed by atoms with Crippen molar-refractivity contribution in [1.29, 1.82) is 0 Å². The summed E-state index contributed by atoms with van der Waals surface area (Å²) < 4.78 is 0. The van der Waals surface area contributed by atoms with Gasteiger partial charge in [0.2, 0.25) is 0 Å². The van der Waals surface area contributed by atoms with E-state index in [9.17, 15) is 0 Å². The standard InChI is InChI=1S/C12H18N2S/c1-12(2)6-11(8-15-9-12)14-10-4-3-5-13-7-10/h3-5,7,11,14H,6,8-9H2,1-2H3. The lowest BCUT2D eigenvalue weighted by Crippen LogP contribution is -2.35. The van der Waals surface area contributed by atoms with Gasteiger partial charge in [-0.3, -0.25) is 4.98 Å². The van der Waals surface area contributed by atoms with Crippen molar-refractivity contribution in [3.63, 3.8) is 0 Å². The second kappa shape index (κ2) is 4.44. The molecule has 1 aliphatic heterocycles. The molecule has 0 radical (unpaired) electrons. The number of pyridine rings is 1. The van der Waals surface area contributed by atoms with Crippen LogP contribution in [0.15, 0.2) is 24.5 Å². The van der Waals surface area contributed by atoms with Crippen LogP contribution >= 0.6 is 11.8 Å². The molecule has 2 rings (SSSR count). The summed E-state index contributed by atoms with van der Waals surface area (Å²) in [5.41, 5.74) is 1.60. The maximum atomic E-state index is 4.12. The van der Waals surface area contributed by atoms with E-state index in [2.05, 4.69) is 30.2 Å². The molecule has 1 aromatic heterocycles. The van der Waals surface area contributed by atoms with Gasteiger partial charge >= 0.3 is 0 Å². The Morgan fingerprint density at radius 3 is 3.07 bits per heavy atom. The van der Waals surface area contributed by atoms with Crippen LogP contribution in [0, 0.1) is 5.41 Å². The number of thioether (sulfide) groups is 1. The molecular formula is C12H18N2S. The third-order valence-corrected chi connectivity index (χ3v) is 4.27. The fraction of sp³-hybridized carbons (Fsp3) is 0.583. The molecule has 1 aromatic rings. The maximum Gasteiger partial charge on any atom is 0.0529 e. The predicted octanol–water partition coefficient (Wildman–Crippen LogP) is 3.03. The van der Waals surface area contributed by atoms with Crippen molar-refractivity contribution in [1.82, 2.24) is 4.98 Å². The molecule has 1 unspecified atom stereocenters. The highest BCUT2D eigenvalue weighted by Gasteiger charge is 2.28. The lowest BCUT2D eigenvalue weighted by Gasteiger charge is -2.35. The van der Waals surface area contributed by atoms with Gasteiger partial charge in [-0.05, 0) is 29.7 Å². The maximum absolute atomic E-state index is 4.12. The van der Waals surface area contributed by atoms with E-state index >= 15 is 0 Å². The van der Waals surface area contributed by atoms with Crippen LogP contribution in [0.25, 0.3) is 0 Å². The Labute approximate surface area is 95.9 Å². The molecule has 0 amide bonds. The summed E-state index contributed by atoms with van der Waals surface area (Å²) in [6.07, 6.45) is 4.95. The number of hydrogen-bond donors (Lipinski definition) is 1. The first kappa shape index (κ1) is 10.8. The van der Waals surface area contributed by atoms with Gasteiger partial charge in [0.05, 0.1) is 5.69 Å². The molecule has 0 aliphatic carbocycles. The average molecular weight is 222 g/mol. The Hall–Kier alpha value is -0.700. The molecule has 0 spiro atoms. The summed E-state index contributed by atoms with van der Waals surface area (Å²) in [6, 6.07) is 4.64. The van der Waals surface area contributed by atoms with Crippen molar-refractivity contribution in [2.75, 3.05) is 16.8 Å². The minimum Gasteiger partial charge on any atom is -0.380 e. The molecule has 1 atom stereocenters. The second-order valence-electron chi connectivity index (χ2n) is 4.97. The van der Waals surface area contributed by atoms with E-state index in [0.717, 1.165) is 5.69 Å². The van der Waals surface area contributed by atoms with E-state index in [-0.39, 0.29) is 0 Å². The topological polar surface area (TPSA) is 24.9 Å². The number of aromatic nitrogens is 1. The van der Waals surface area contributed by atoms with Crippen molar-refractivity contribution in [2.24, 2.45) is 5.41 Å². The van der Waals surface area contributed by atoms with Gasteiger partial charge in [0.25, 0.3) is 0 Å². The summed E-state index contributed by atoms with van der Waals surface area (Å²) in [7, 11) is 0. The summed E-state index contributed by atoms with van der Waals surface area (Å²) in [6.45, 7) is 4.69. The van der Waals surface area contributed by atoms with Crippen LogP contribution in [0.1, 0.15) is 20.3 Å². The minimum atomic E-state index is 0.461. The molecule has 2 nitrogen and oxygen atoms in total. The average Bonchev–Trinajstić information content (AvgIpc) is 2.17. The van der Waals surface area contributed by atoms with Crippen LogP contribution in [0.3, 0.4) is 0 Å². The molecule has 3 heteroatoms. The predicted molar refractivity (Wildman–Crippen MR) is 67.4 cm³/mol. The molecule has 82 valence electrons. The van der Waals surface area contributed by atoms with Gasteiger partial charge in [-0.2, -0.15) is 11.8 Å². The van der Waals surface area contributed by atoms with Crippen molar-refractivity contribution < 1.29 is 0 Å². The third kappa shape index (κ3) is 3.13. The minimum absolute atomic E-state index is 0.461. The molecule has 0 bridgehead atoms. The highest BCUT2D eigenvalue weighted by molar-refractivity contribution is 7.99. The first-order valence-corrected chi connectivity index (χ1v) is 6.55. The zero-order valence-corrected chi connectivity index (χ0v) is 10.2. The monoisotopic (exact) mass is 222 g/mol. The van der Waals surface area contributed by atoms with Crippen LogP contribution in [-0.4, -0.2) is 22.5 Å². The molecule has 0 aromatic carbocycles. The smallest absolute Gasteiger partial charge is 0.0529 e. The van der Waals surface area contributed by atoms with Crippen molar-refractivity contribution in [3.8, 4) is 0 Å². The van der Waals surface area contributed by atoms with Crippen LogP contribution in [0.5, 0.6) is 0 Å². The van der Waals surface area contributed by atoms with Gasteiger partial charge in [0.1, 0.15) is 0 Å². The fourth-order valence-corrected chi connectivity index (χ4v) is 3.31. The summed E-state index contributed by atoms with van der Waals surface area (Å²) in [5.74, 6) is 2.48. The van der Waals surface area contributed by atoms with Crippen LogP contribution in [-0.2, 0) is 0 Å². The first-order valence-electron chi connectivity index (χ1n) is 5.40. The lowest BCUT2D eigenvalue weighted by molar-refractivity contribution is 0.358. The number of rotatable bonds is 2. The molecule has 1 saturated heterocycles.